The summed E-state index contributed by atoms with van der Waals surface area (Å²) in [6.45, 7) is 6.08. The average Bonchev–Trinajstić information content (AvgIpc) is 2.67. The molecule has 1 saturated heterocycles. The van der Waals surface area contributed by atoms with Crippen LogP contribution in [0.15, 0.2) is 40.9 Å². The highest BCUT2D eigenvalue weighted by molar-refractivity contribution is 9.10. The quantitative estimate of drug-likeness (QED) is 0.665. The number of anilines is 2. The van der Waals surface area contributed by atoms with Crippen LogP contribution in [0.25, 0.3) is 0 Å². The molecular weight excluding hydrogens is 470 g/mol. The molecule has 2 aromatic carbocycles. The van der Waals surface area contributed by atoms with E-state index in [2.05, 4.69) is 26.1 Å². The molecule has 1 aliphatic rings. The van der Waals surface area contributed by atoms with Gasteiger partial charge in [-0.25, -0.2) is 8.42 Å². The molecular formula is C21H26BrN3O4S. The SMILES string of the molecule is Cc1cc(C)c(OCC(=O)Nc2ccc(N3CCN(S(C)(=O)=O)CC3)cc2)c(Br)c1. The van der Waals surface area contributed by atoms with Gasteiger partial charge in [-0.1, -0.05) is 6.07 Å². The first-order chi connectivity index (χ1) is 14.1. The Hall–Kier alpha value is -2.10. The molecule has 162 valence electrons. The largest absolute Gasteiger partial charge is 0.482 e. The fourth-order valence-corrected chi connectivity index (χ4v) is 5.07. The van der Waals surface area contributed by atoms with Gasteiger partial charge < -0.3 is 15.0 Å². The van der Waals surface area contributed by atoms with Crippen LogP contribution < -0.4 is 15.0 Å². The molecule has 1 aliphatic heterocycles. The van der Waals surface area contributed by atoms with Crippen molar-refractivity contribution in [3.63, 3.8) is 0 Å². The lowest BCUT2D eigenvalue weighted by molar-refractivity contribution is -0.118. The lowest BCUT2D eigenvalue weighted by atomic mass is 10.1. The summed E-state index contributed by atoms with van der Waals surface area (Å²) in [6, 6.07) is 11.5. The van der Waals surface area contributed by atoms with Crippen LogP contribution in [-0.4, -0.2) is 57.7 Å². The molecule has 0 unspecified atom stereocenters. The number of carbonyl (C=O) groups excluding carboxylic acids is 1. The Morgan fingerprint density at radius 3 is 2.30 bits per heavy atom. The Morgan fingerprint density at radius 1 is 1.10 bits per heavy atom. The minimum absolute atomic E-state index is 0.0856. The third-order valence-electron chi connectivity index (χ3n) is 4.95. The number of rotatable bonds is 6. The summed E-state index contributed by atoms with van der Waals surface area (Å²) in [6.07, 6.45) is 1.24. The molecule has 1 fully saturated rings. The van der Waals surface area contributed by atoms with Crippen LogP contribution in [0.4, 0.5) is 11.4 Å². The molecule has 0 saturated carbocycles. The van der Waals surface area contributed by atoms with E-state index >= 15 is 0 Å². The van der Waals surface area contributed by atoms with E-state index in [1.165, 1.54) is 10.6 Å². The first-order valence-corrected chi connectivity index (χ1v) is 12.3. The maximum Gasteiger partial charge on any atom is 0.262 e. The summed E-state index contributed by atoms with van der Waals surface area (Å²) >= 11 is 3.48. The number of halogens is 1. The normalized spacial score (nSPS) is 15.1. The van der Waals surface area contributed by atoms with E-state index in [-0.39, 0.29) is 12.5 Å². The molecule has 0 aromatic heterocycles. The minimum atomic E-state index is -3.14. The summed E-state index contributed by atoms with van der Waals surface area (Å²) in [5.41, 5.74) is 3.77. The van der Waals surface area contributed by atoms with Gasteiger partial charge in [-0.05, 0) is 71.2 Å². The number of ether oxygens (including phenoxy) is 1. The van der Waals surface area contributed by atoms with Gasteiger partial charge in [0.1, 0.15) is 5.75 Å². The number of benzene rings is 2. The van der Waals surface area contributed by atoms with E-state index in [9.17, 15) is 13.2 Å². The van der Waals surface area contributed by atoms with Crippen LogP contribution in [0.2, 0.25) is 0 Å². The van der Waals surface area contributed by atoms with Crippen molar-refractivity contribution < 1.29 is 17.9 Å². The number of aryl methyl sites for hydroxylation is 2. The van der Waals surface area contributed by atoms with E-state index in [0.717, 1.165) is 21.3 Å². The maximum atomic E-state index is 12.3. The Balaban J connectivity index is 1.53. The lowest BCUT2D eigenvalue weighted by Crippen LogP contribution is -2.48. The summed E-state index contributed by atoms with van der Waals surface area (Å²) in [7, 11) is -3.14. The van der Waals surface area contributed by atoms with Gasteiger partial charge in [0.25, 0.3) is 5.91 Å². The number of nitrogens with one attached hydrogen (secondary N) is 1. The molecule has 7 nitrogen and oxygen atoms in total. The minimum Gasteiger partial charge on any atom is -0.482 e. The molecule has 30 heavy (non-hydrogen) atoms. The van der Waals surface area contributed by atoms with Gasteiger partial charge >= 0.3 is 0 Å². The van der Waals surface area contributed by atoms with E-state index in [1.807, 2.05) is 50.2 Å². The Kier molecular flexibility index (Phi) is 7.05. The molecule has 0 aliphatic carbocycles. The first kappa shape index (κ1) is 22.6. The van der Waals surface area contributed by atoms with Gasteiger partial charge in [0, 0.05) is 37.6 Å². The molecule has 3 rings (SSSR count). The predicted molar refractivity (Wildman–Crippen MR) is 123 cm³/mol. The number of nitrogens with zero attached hydrogens (tertiary/aromatic N) is 2. The van der Waals surface area contributed by atoms with Gasteiger partial charge in [0.15, 0.2) is 6.61 Å². The highest BCUT2D eigenvalue weighted by Gasteiger charge is 2.23. The average molecular weight is 496 g/mol. The van der Waals surface area contributed by atoms with Crippen LogP contribution in [0, 0.1) is 13.8 Å². The summed E-state index contributed by atoms with van der Waals surface area (Å²) in [4.78, 5) is 14.4. The number of hydrogen-bond donors (Lipinski definition) is 1. The highest BCUT2D eigenvalue weighted by Crippen LogP contribution is 2.30. The summed E-state index contributed by atoms with van der Waals surface area (Å²) in [5, 5.41) is 2.83. The second kappa shape index (κ2) is 9.36. The zero-order valence-corrected chi connectivity index (χ0v) is 19.7. The van der Waals surface area contributed by atoms with Gasteiger partial charge in [0.2, 0.25) is 10.0 Å². The third kappa shape index (κ3) is 5.74. The Morgan fingerprint density at radius 2 is 1.73 bits per heavy atom. The van der Waals surface area contributed by atoms with E-state index < -0.39 is 10.0 Å². The number of amides is 1. The molecule has 0 atom stereocenters. The topological polar surface area (TPSA) is 79.0 Å². The molecule has 2 aromatic rings. The maximum absolute atomic E-state index is 12.3. The molecule has 1 heterocycles. The van der Waals surface area contributed by atoms with Crippen molar-refractivity contribution in [2.24, 2.45) is 0 Å². The van der Waals surface area contributed by atoms with Crippen molar-refractivity contribution >= 4 is 43.2 Å². The summed E-state index contributed by atoms with van der Waals surface area (Å²) < 4.78 is 31.3. The zero-order valence-electron chi connectivity index (χ0n) is 17.3. The zero-order chi connectivity index (χ0) is 21.9. The smallest absolute Gasteiger partial charge is 0.262 e. The number of sulfonamides is 1. The molecule has 1 N–H and O–H groups in total. The Labute approximate surface area is 186 Å². The molecule has 9 heteroatoms. The first-order valence-electron chi connectivity index (χ1n) is 9.63. The second-order valence-electron chi connectivity index (χ2n) is 7.43. The van der Waals surface area contributed by atoms with E-state index in [0.29, 0.717) is 37.6 Å². The van der Waals surface area contributed by atoms with Gasteiger partial charge in [-0.15, -0.1) is 0 Å². The van der Waals surface area contributed by atoms with Crippen LogP contribution >= 0.6 is 15.9 Å². The molecule has 1 amide bonds. The van der Waals surface area contributed by atoms with E-state index in [1.54, 1.807) is 0 Å². The fraction of sp³-hybridized carbons (Fsp3) is 0.381. The third-order valence-corrected chi connectivity index (χ3v) is 6.84. The highest BCUT2D eigenvalue weighted by atomic mass is 79.9. The number of piperazine rings is 1. The van der Waals surface area contributed by atoms with Crippen molar-refractivity contribution in [3.05, 3.63) is 52.0 Å². The predicted octanol–water partition coefficient (Wildman–Crippen LogP) is 3.17. The number of hydrogen-bond acceptors (Lipinski definition) is 5. The second-order valence-corrected chi connectivity index (χ2v) is 10.3. The van der Waals surface area contributed by atoms with Crippen LogP contribution in [0.1, 0.15) is 11.1 Å². The molecule has 0 radical (unpaired) electrons. The van der Waals surface area contributed by atoms with Crippen LogP contribution in [0.3, 0.4) is 0 Å². The van der Waals surface area contributed by atoms with Crippen molar-refractivity contribution in [1.82, 2.24) is 4.31 Å². The fourth-order valence-electron chi connectivity index (χ4n) is 3.45. The Bertz CT molecular complexity index is 994. The van der Waals surface area contributed by atoms with Crippen molar-refractivity contribution in [1.29, 1.82) is 0 Å². The van der Waals surface area contributed by atoms with Gasteiger partial charge in [0.05, 0.1) is 10.7 Å². The van der Waals surface area contributed by atoms with E-state index in [4.69, 9.17) is 4.74 Å². The van der Waals surface area contributed by atoms with Crippen molar-refractivity contribution in [3.8, 4) is 5.75 Å². The summed E-state index contributed by atoms with van der Waals surface area (Å²) in [5.74, 6) is 0.427. The lowest BCUT2D eigenvalue weighted by Gasteiger charge is -2.34. The van der Waals surface area contributed by atoms with Gasteiger partial charge in [-0.3, -0.25) is 4.79 Å². The number of carbonyl (C=O) groups is 1. The van der Waals surface area contributed by atoms with Gasteiger partial charge in [-0.2, -0.15) is 4.31 Å². The standard InChI is InChI=1S/C21H26BrN3O4S/c1-15-12-16(2)21(19(22)13-15)29-14-20(26)23-17-4-6-18(7-5-17)24-8-10-25(11-9-24)30(3,27)28/h4-7,12-13H,8-11,14H2,1-3H3,(H,23,26). The monoisotopic (exact) mass is 495 g/mol. The van der Waals surface area contributed by atoms with Crippen molar-refractivity contribution in [2.45, 2.75) is 13.8 Å². The molecule has 0 bridgehead atoms. The van der Waals surface area contributed by atoms with Crippen molar-refractivity contribution in [2.75, 3.05) is 49.3 Å². The van der Waals surface area contributed by atoms with Crippen LogP contribution in [0.5, 0.6) is 5.75 Å². The molecule has 0 spiro atoms. The van der Waals surface area contributed by atoms with Crippen LogP contribution in [-0.2, 0) is 14.8 Å².